The fourth-order valence-electron chi connectivity index (χ4n) is 4.56. The topological polar surface area (TPSA) is 50.5 Å². The zero-order chi connectivity index (χ0) is 17.3. The third kappa shape index (κ3) is 3.02. The third-order valence-electron chi connectivity index (χ3n) is 6.25. The Kier molecular flexibility index (Phi) is 5.33. The minimum atomic E-state index is -0.174. The van der Waals surface area contributed by atoms with Crippen LogP contribution in [-0.4, -0.2) is 51.7 Å². The molecule has 1 spiro atoms. The highest BCUT2D eigenvalue weighted by atomic mass is 16.5. The van der Waals surface area contributed by atoms with Crippen molar-refractivity contribution in [3.8, 4) is 0 Å². The Morgan fingerprint density at radius 1 is 1.25 bits per heavy atom. The predicted octanol–water partition coefficient (Wildman–Crippen LogP) is 2.66. The minimum absolute atomic E-state index is 0.0169. The maximum absolute atomic E-state index is 10.3. The van der Waals surface area contributed by atoms with Gasteiger partial charge in [0.2, 0.25) is 0 Å². The minimum Gasteiger partial charge on any atom is -0.392 e. The van der Waals surface area contributed by atoms with Crippen molar-refractivity contribution in [2.24, 2.45) is 5.41 Å². The number of nitrogens with zero attached hydrogens (tertiary/aromatic N) is 3. The van der Waals surface area contributed by atoms with Crippen molar-refractivity contribution in [3.05, 3.63) is 17.0 Å². The lowest BCUT2D eigenvalue weighted by molar-refractivity contribution is -0.209. The molecule has 0 radical (unpaired) electrons. The molecule has 2 fully saturated rings. The molecule has 1 N–H and O–H groups in total. The van der Waals surface area contributed by atoms with E-state index in [2.05, 4.69) is 30.4 Å². The molecule has 0 bridgehead atoms. The van der Waals surface area contributed by atoms with Gasteiger partial charge in [-0.25, -0.2) is 0 Å². The van der Waals surface area contributed by atoms with Crippen molar-refractivity contribution in [1.82, 2.24) is 14.7 Å². The normalized spacial score (nSPS) is 26.7. The Morgan fingerprint density at radius 3 is 2.54 bits per heavy atom. The maximum atomic E-state index is 10.3. The maximum Gasteiger partial charge on any atom is 0.0681 e. The van der Waals surface area contributed by atoms with E-state index in [0.29, 0.717) is 0 Å². The summed E-state index contributed by atoms with van der Waals surface area (Å²) in [5.41, 5.74) is 3.88. The molecule has 2 unspecified atom stereocenters. The highest BCUT2D eigenvalue weighted by molar-refractivity contribution is 5.24. The monoisotopic (exact) mass is 335 g/mol. The number of aliphatic hydroxyl groups excluding tert-OH is 1. The van der Waals surface area contributed by atoms with E-state index >= 15 is 0 Å². The highest BCUT2D eigenvalue weighted by Crippen LogP contribution is 2.51. The molecule has 2 heterocycles. The van der Waals surface area contributed by atoms with Crippen LogP contribution in [0.3, 0.4) is 0 Å². The van der Waals surface area contributed by atoms with Gasteiger partial charge in [0.05, 0.1) is 17.9 Å². The number of rotatable bonds is 6. The largest absolute Gasteiger partial charge is 0.392 e. The molecule has 3 rings (SSSR count). The summed E-state index contributed by atoms with van der Waals surface area (Å²) in [5.74, 6) is 0. The van der Waals surface area contributed by atoms with Crippen LogP contribution in [0.5, 0.6) is 0 Å². The van der Waals surface area contributed by atoms with E-state index in [4.69, 9.17) is 9.84 Å². The Hall–Kier alpha value is -0.910. The molecule has 2 atom stereocenters. The van der Waals surface area contributed by atoms with Gasteiger partial charge in [0.15, 0.2) is 0 Å². The molecule has 5 heteroatoms. The van der Waals surface area contributed by atoms with E-state index < -0.39 is 0 Å². The molecule has 2 aliphatic rings. The summed E-state index contributed by atoms with van der Waals surface area (Å²) in [5, 5.41) is 15.0. The highest BCUT2D eigenvalue weighted by Gasteiger charge is 2.55. The Bertz CT molecular complexity index is 559. The van der Waals surface area contributed by atoms with Gasteiger partial charge in [-0.05, 0) is 53.1 Å². The number of hydrogen-bond acceptors (Lipinski definition) is 4. The van der Waals surface area contributed by atoms with Gasteiger partial charge < -0.3 is 9.84 Å². The fraction of sp³-hybridized carbons (Fsp3) is 0.842. The molecule has 1 aromatic rings. The van der Waals surface area contributed by atoms with Crippen LogP contribution >= 0.6 is 0 Å². The molecule has 5 nitrogen and oxygen atoms in total. The van der Waals surface area contributed by atoms with Gasteiger partial charge in [0.1, 0.15) is 0 Å². The van der Waals surface area contributed by atoms with Crippen LogP contribution in [0, 0.1) is 19.3 Å². The van der Waals surface area contributed by atoms with Crippen LogP contribution < -0.4 is 0 Å². The molecule has 0 amide bonds. The standard InChI is InChI=1S/C19H33N3O2/c1-5-9-22-15(4)16(14(3)20-22)13-21-10-7-19(8-11-21)17(23)12-18(19)24-6-2/h17-18,23H,5-13H2,1-4H3. The average molecular weight is 335 g/mol. The third-order valence-corrected chi connectivity index (χ3v) is 6.25. The molecule has 1 aromatic heterocycles. The zero-order valence-corrected chi connectivity index (χ0v) is 15.7. The second kappa shape index (κ2) is 7.14. The molecular weight excluding hydrogens is 302 g/mol. The molecule has 136 valence electrons. The molecule has 24 heavy (non-hydrogen) atoms. The van der Waals surface area contributed by atoms with Gasteiger partial charge in [-0.1, -0.05) is 6.92 Å². The first-order valence-corrected chi connectivity index (χ1v) is 9.56. The molecule has 0 aromatic carbocycles. The van der Waals surface area contributed by atoms with Gasteiger partial charge >= 0.3 is 0 Å². The lowest BCUT2D eigenvalue weighted by Gasteiger charge is -2.56. The first-order valence-electron chi connectivity index (χ1n) is 9.56. The number of aryl methyl sites for hydroxylation is 2. The van der Waals surface area contributed by atoms with E-state index in [1.165, 1.54) is 11.3 Å². The van der Waals surface area contributed by atoms with E-state index in [1.807, 2.05) is 6.92 Å². The first-order chi connectivity index (χ1) is 11.5. The van der Waals surface area contributed by atoms with E-state index in [-0.39, 0.29) is 17.6 Å². The number of aromatic nitrogens is 2. The Balaban J connectivity index is 1.62. The van der Waals surface area contributed by atoms with Crippen LogP contribution in [-0.2, 0) is 17.8 Å². The predicted molar refractivity (Wildman–Crippen MR) is 95.0 cm³/mol. The molecular formula is C19H33N3O2. The molecule has 1 aliphatic carbocycles. The molecule has 1 saturated carbocycles. The van der Waals surface area contributed by atoms with Gasteiger partial charge in [-0.15, -0.1) is 0 Å². The summed E-state index contributed by atoms with van der Waals surface area (Å²) >= 11 is 0. The van der Waals surface area contributed by atoms with E-state index in [0.717, 1.165) is 64.2 Å². The first kappa shape index (κ1) is 17.9. The second-order valence-electron chi connectivity index (χ2n) is 7.58. The van der Waals surface area contributed by atoms with Crippen molar-refractivity contribution in [2.45, 2.75) is 78.7 Å². The average Bonchev–Trinajstić information content (AvgIpc) is 2.83. The van der Waals surface area contributed by atoms with Crippen LogP contribution in [0.25, 0.3) is 0 Å². The van der Waals surface area contributed by atoms with Crippen molar-refractivity contribution < 1.29 is 9.84 Å². The summed E-state index contributed by atoms with van der Waals surface area (Å²) in [6.07, 6.45) is 4.10. The quantitative estimate of drug-likeness (QED) is 0.868. The number of aliphatic hydroxyl groups is 1. The SMILES string of the molecule is CCCn1nc(C)c(CN2CCC3(CC2)C(O)CC3OCC)c1C. The lowest BCUT2D eigenvalue weighted by Crippen LogP contribution is -2.62. The summed E-state index contributed by atoms with van der Waals surface area (Å²) < 4.78 is 8.02. The number of hydrogen-bond donors (Lipinski definition) is 1. The van der Waals surface area contributed by atoms with Gasteiger partial charge in [0.25, 0.3) is 0 Å². The summed E-state index contributed by atoms with van der Waals surface area (Å²) in [6, 6.07) is 0. The van der Waals surface area contributed by atoms with Crippen LogP contribution in [0.2, 0.25) is 0 Å². The van der Waals surface area contributed by atoms with Crippen molar-refractivity contribution in [2.75, 3.05) is 19.7 Å². The number of ether oxygens (including phenoxy) is 1. The Morgan fingerprint density at radius 2 is 1.96 bits per heavy atom. The molecule has 1 saturated heterocycles. The van der Waals surface area contributed by atoms with Crippen LogP contribution in [0.15, 0.2) is 0 Å². The van der Waals surface area contributed by atoms with Gasteiger partial charge in [-0.2, -0.15) is 5.10 Å². The van der Waals surface area contributed by atoms with Crippen LogP contribution in [0.4, 0.5) is 0 Å². The summed E-state index contributed by atoms with van der Waals surface area (Å²) in [7, 11) is 0. The van der Waals surface area contributed by atoms with Crippen molar-refractivity contribution in [1.29, 1.82) is 0 Å². The second-order valence-corrected chi connectivity index (χ2v) is 7.58. The summed E-state index contributed by atoms with van der Waals surface area (Å²) in [4.78, 5) is 2.52. The fourth-order valence-corrected chi connectivity index (χ4v) is 4.56. The number of piperidine rings is 1. The van der Waals surface area contributed by atoms with Crippen LogP contribution in [0.1, 0.15) is 56.5 Å². The van der Waals surface area contributed by atoms with E-state index in [9.17, 15) is 5.11 Å². The van der Waals surface area contributed by atoms with Gasteiger partial charge in [0, 0.05) is 42.8 Å². The lowest BCUT2D eigenvalue weighted by atomic mass is 9.58. The zero-order valence-electron chi connectivity index (χ0n) is 15.7. The van der Waals surface area contributed by atoms with Gasteiger partial charge in [-0.3, -0.25) is 9.58 Å². The smallest absolute Gasteiger partial charge is 0.0681 e. The van der Waals surface area contributed by atoms with E-state index in [1.54, 1.807) is 0 Å². The van der Waals surface area contributed by atoms with Crippen molar-refractivity contribution >= 4 is 0 Å². The number of likely N-dealkylation sites (tertiary alicyclic amines) is 1. The van der Waals surface area contributed by atoms with Crippen molar-refractivity contribution in [3.63, 3.8) is 0 Å². The molecule has 1 aliphatic heterocycles. The Labute approximate surface area is 146 Å². The summed E-state index contributed by atoms with van der Waals surface area (Å²) in [6.45, 7) is 13.4.